The highest BCUT2D eigenvalue weighted by Crippen LogP contribution is 2.29. The molecule has 3 heteroatoms. The number of rotatable bonds is 4. The zero-order chi connectivity index (χ0) is 9.90. The molecule has 3 nitrogen and oxygen atoms in total. The number of carbonyl (C=O) groups is 1. The van der Waals surface area contributed by atoms with E-state index in [4.69, 9.17) is 5.73 Å². The molecule has 0 atom stereocenters. The highest BCUT2D eigenvalue weighted by atomic mass is 16.1. The first-order valence-corrected chi connectivity index (χ1v) is 5.12. The Morgan fingerprint density at radius 2 is 2.00 bits per heavy atom. The highest BCUT2D eigenvalue weighted by Gasteiger charge is 2.38. The van der Waals surface area contributed by atoms with Crippen molar-refractivity contribution in [2.45, 2.75) is 45.1 Å². The van der Waals surface area contributed by atoms with Gasteiger partial charge in [-0.25, -0.2) is 0 Å². The summed E-state index contributed by atoms with van der Waals surface area (Å²) in [6.07, 6.45) is 4.06. The molecule has 1 aliphatic rings. The van der Waals surface area contributed by atoms with Crippen LogP contribution < -0.4 is 11.1 Å². The standard InChI is InChI=1S/C10H20N2O/c1-8(2)7-12-10(9(11)13)5-3-4-6-10/h8,12H,3-7H2,1-2H3,(H2,11,13). The zero-order valence-electron chi connectivity index (χ0n) is 8.60. The Morgan fingerprint density at radius 1 is 1.46 bits per heavy atom. The second-order valence-electron chi connectivity index (χ2n) is 4.43. The lowest BCUT2D eigenvalue weighted by Gasteiger charge is -2.27. The van der Waals surface area contributed by atoms with Gasteiger partial charge in [0.2, 0.25) is 5.91 Å². The van der Waals surface area contributed by atoms with Crippen LogP contribution in [0.1, 0.15) is 39.5 Å². The maximum absolute atomic E-state index is 11.3. The molecular weight excluding hydrogens is 164 g/mol. The fourth-order valence-corrected chi connectivity index (χ4v) is 1.89. The molecule has 1 fully saturated rings. The van der Waals surface area contributed by atoms with Gasteiger partial charge < -0.3 is 11.1 Å². The number of hydrogen-bond acceptors (Lipinski definition) is 2. The first kappa shape index (κ1) is 10.5. The zero-order valence-corrected chi connectivity index (χ0v) is 8.60. The van der Waals surface area contributed by atoms with E-state index in [0.717, 1.165) is 32.2 Å². The molecule has 1 rings (SSSR count). The molecule has 1 aliphatic carbocycles. The summed E-state index contributed by atoms with van der Waals surface area (Å²) in [7, 11) is 0. The van der Waals surface area contributed by atoms with Crippen molar-refractivity contribution >= 4 is 5.91 Å². The van der Waals surface area contributed by atoms with E-state index in [9.17, 15) is 4.79 Å². The number of nitrogens with two attached hydrogens (primary N) is 1. The Balaban J connectivity index is 2.52. The van der Waals surface area contributed by atoms with Crippen LogP contribution in [0.25, 0.3) is 0 Å². The van der Waals surface area contributed by atoms with E-state index < -0.39 is 0 Å². The van der Waals surface area contributed by atoms with E-state index in [1.807, 2.05) is 0 Å². The number of carbonyl (C=O) groups excluding carboxylic acids is 1. The summed E-state index contributed by atoms with van der Waals surface area (Å²) >= 11 is 0. The van der Waals surface area contributed by atoms with Crippen molar-refractivity contribution < 1.29 is 4.79 Å². The van der Waals surface area contributed by atoms with Crippen LogP contribution in [0, 0.1) is 5.92 Å². The van der Waals surface area contributed by atoms with Gasteiger partial charge in [-0.15, -0.1) is 0 Å². The van der Waals surface area contributed by atoms with Gasteiger partial charge >= 0.3 is 0 Å². The van der Waals surface area contributed by atoms with Crippen LogP contribution in [0.2, 0.25) is 0 Å². The lowest BCUT2D eigenvalue weighted by molar-refractivity contribution is -0.124. The van der Waals surface area contributed by atoms with Crippen LogP contribution in [0.4, 0.5) is 0 Å². The molecule has 1 amide bonds. The molecule has 76 valence electrons. The molecule has 1 saturated carbocycles. The lowest BCUT2D eigenvalue weighted by Crippen LogP contribution is -2.54. The monoisotopic (exact) mass is 184 g/mol. The molecule has 0 aromatic heterocycles. The topological polar surface area (TPSA) is 55.1 Å². The molecule has 0 aromatic carbocycles. The lowest BCUT2D eigenvalue weighted by atomic mass is 9.96. The van der Waals surface area contributed by atoms with Crippen LogP contribution in [0.15, 0.2) is 0 Å². The van der Waals surface area contributed by atoms with E-state index in [2.05, 4.69) is 19.2 Å². The molecule has 0 unspecified atom stereocenters. The third-order valence-corrected chi connectivity index (χ3v) is 2.78. The molecule has 0 radical (unpaired) electrons. The average molecular weight is 184 g/mol. The molecule has 3 N–H and O–H groups in total. The normalized spacial score (nSPS) is 20.8. The summed E-state index contributed by atoms with van der Waals surface area (Å²) in [5, 5.41) is 3.32. The molecule has 0 saturated heterocycles. The fourth-order valence-electron chi connectivity index (χ4n) is 1.89. The highest BCUT2D eigenvalue weighted by molar-refractivity contribution is 5.85. The van der Waals surface area contributed by atoms with Crippen molar-refractivity contribution in [1.82, 2.24) is 5.32 Å². The second kappa shape index (κ2) is 4.09. The summed E-state index contributed by atoms with van der Waals surface area (Å²) < 4.78 is 0. The Kier molecular flexibility index (Phi) is 3.31. The van der Waals surface area contributed by atoms with Crippen LogP contribution >= 0.6 is 0 Å². The Bertz CT molecular complexity index is 183. The van der Waals surface area contributed by atoms with Crippen molar-refractivity contribution in [3.8, 4) is 0 Å². The van der Waals surface area contributed by atoms with Crippen molar-refractivity contribution in [3.05, 3.63) is 0 Å². The van der Waals surface area contributed by atoms with E-state index >= 15 is 0 Å². The summed E-state index contributed by atoms with van der Waals surface area (Å²) in [4.78, 5) is 11.3. The molecule has 0 bridgehead atoms. The van der Waals surface area contributed by atoms with Crippen molar-refractivity contribution in [1.29, 1.82) is 0 Å². The number of amides is 1. The van der Waals surface area contributed by atoms with Gasteiger partial charge in [-0.1, -0.05) is 26.7 Å². The predicted molar refractivity (Wildman–Crippen MR) is 53.2 cm³/mol. The quantitative estimate of drug-likeness (QED) is 0.685. The van der Waals surface area contributed by atoms with Crippen molar-refractivity contribution in [3.63, 3.8) is 0 Å². The van der Waals surface area contributed by atoms with Gasteiger partial charge in [0.15, 0.2) is 0 Å². The van der Waals surface area contributed by atoms with Crippen molar-refractivity contribution in [2.24, 2.45) is 11.7 Å². The summed E-state index contributed by atoms with van der Waals surface area (Å²) in [6.45, 7) is 5.15. The smallest absolute Gasteiger partial charge is 0.237 e. The third-order valence-electron chi connectivity index (χ3n) is 2.78. The van der Waals surface area contributed by atoms with Gasteiger partial charge in [-0.2, -0.15) is 0 Å². The number of hydrogen-bond donors (Lipinski definition) is 2. The van der Waals surface area contributed by atoms with E-state index in [0.29, 0.717) is 5.92 Å². The van der Waals surface area contributed by atoms with E-state index in [1.54, 1.807) is 0 Å². The van der Waals surface area contributed by atoms with Gasteiger partial charge in [0.25, 0.3) is 0 Å². The summed E-state index contributed by atoms with van der Waals surface area (Å²) in [5.74, 6) is 0.391. The first-order valence-electron chi connectivity index (χ1n) is 5.12. The first-order chi connectivity index (χ1) is 6.07. The third kappa shape index (κ3) is 2.44. The minimum atomic E-state index is -0.385. The molecular formula is C10H20N2O. The van der Waals surface area contributed by atoms with Gasteiger partial charge in [-0.05, 0) is 25.3 Å². The maximum atomic E-state index is 11.3. The van der Waals surface area contributed by atoms with Gasteiger partial charge in [-0.3, -0.25) is 4.79 Å². The number of primary amides is 1. The Labute approximate surface area is 80.1 Å². The van der Waals surface area contributed by atoms with E-state index in [1.165, 1.54) is 0 Å². The molecule has 0 heterocycles. The molecule has 0 aromatic rings. The fraction of sp³-hybridized carbons (Fsp3) is 0.900. The molecule has 13 heavy (non-hydrogen) atoms. The van der Waals surface area contributed by atoms with Gasteiger partial charge in [0.05, 0.1) is 5.54 Å². The molecule has 0 spiro atoms. The summed E-state index contributed by atoms with van der Waals surface area (Å²) in [6, 6.07) is 0. The van der Waals surface area contributed by atoms with Crippen LogP contribution in [-0.4, -0.2) is 18.0 Å². The maximum Gasteiger partial charge on any atom is 0.237 e. The van der Waals surface area contributed by atoms with Crippen molar-refractivity contribution in [2.75, 3.05) is 6.54 Å². The second-order valence-corrected chi connectivity index (χ2v) is 4.43. The Morgan fingerprint density at radius 3 is 2.38 bits per heavy atom. The molecule has 0 aliphatic heterocycles. The number of nitrogens with one attached hydrogen (secondary N) is 1. The minimum absolute atomic E-state index is 0.175. The van der Waals surface area contributed by atoms with E-state index in [-0.39, 0.29) is 11.4 Å². The van der Waals surface area contributed by atoms with Crippen LogP contribution in [0.3, 0.4) is 0 Å². The van der Waals surface area contributed by atoms with Crippen LogP contribution in [-0.2, 0) is 4.79 Å². The largest absolute Gasteiger partial charge is 0.368 e. The SMILES string of the molecule is CC(C)CNC1(C(N)=O)CCCC1. The van der Waals surface area contributed by atoms with Gasteiger partial charge in [0, 0.05) is 0 Å². The van der Waals surface area contributed by atoms with Crippen LogP contribution in [0.5, 0.6) is 0 Å². The average Bonchev–Trinajstić information content (AvgIpc) is 2.50. The summed E-state index contributed by atoms with van der Waals surface area (Å²) in [5.41, 5.74) is 5.03. The predicted octanol–water partition coefficient (Wildman–Crippen LogP) is 1.03. The van der Waals surface area contributed by atoms with Gasteiger partial charge in [0.1, 0.15) is 0 Å². The Hall–Kier alpha value is -0.570. The minimum Gasteiger partial charge on any atom is -0.368 e.